The van der Waals surface area contributed by atoms with Gasteiger partial charge in [0, 0.05) is 19.7 Å². The highest BCUT2D eigenvalue weighted by molar-refractivity contribution is 4.76. The molecule has 1 heterocycles. The van der Waals surface area contributed by atoms with Crippen molar-refractivity contribution in [3.05, 3.63) is 0 Å². The first kappa shape index (κ1) is 11.0. The minimum absolute atomic E-state index is 0.244. The van der Waals surface area contributed by atoms with Crippen molar-refractivity contribution in [1.82, 2.24) is 5.32 Å². The lowest BCUT2D eigenvalue weighted by Gasteiger charge is -2.30. The molecule has 0 amide bonds. The van der Waals surface area contributed by atoms with E-state index in [9.17, 15) is 0 Å². The van der Waals surface area contributed by atoms with E-state index < -0.39 is 0 Å². The third kappa shape index (κ3) is 4.07. The van der Waals surface area contributed by atoms with Crippen molar-refractivity contribution in [2.75, 3.05) is 26.9 Å². The molecule has 78 valence electrons. The van der Waals surface area contributed by atoms with Gasteiger partial charge in [-0.15, -0.1) is 0 Å². The Morgan fingerprint density at radius 3 is 2.77 bits per heavy atom. The van der Waals surface area contributed by atoms with Crippen LogP contribution in [0.5, 0.6) is 0 Å². The van der Waals surface area contributed by atoms with Gasteiger partial charge in [-0.05, 0) is 12.3 Å². The molecular formula is C10H21NO2. The summed E-state index contributed by atoms with van der Waals surface area (Å²) in [4.78, 5) is 0. The Morgan fingerprint density at radius 2 is 2.31 bits per heavy atom. The van der Waals surface area contributed by atoms with Crippen LogP contribution in [-0.4, -0.2) is 39.0 Å². The number of rotatable bonds is 4. The highest BCUT2D eigenvalue weighted by Gasteiger charge is 2.20. The molecule has 2 unspecified atom stereocenters. The second-order valence-corrected chi connectivity index (χ2v) is 4.15. The van der Waals surface area contributed by atoms with E-state index in [1.165, 1.54) is 6.42 Å². The van der Waals surface area contributed by atoms with Gasteiger partial charge >= 0.3 is 0 Å². The van der Waals surface area contributed by atoms with Crippen LogP contribution >= 0.6 is 0 Å². The van der Waals surface area contributed by atoms with Crippen molar-refractivity contribution in [3.8, 4) is 0 Å². The molecule has 1 N–H and O–H groups in total. The zero-order valence-electron chi connectivity index (χ0n) is 8.88. The average molecular weight is 187 g/mol. The highest BCUT2D eigenvalue weighted by atomic mass is 16.5. The Kier molecular flexibility index (Phi) is 4.70. The van der Waals surface area contributed by atoms with Crippen LogP contribution in [-0.2, 0) is 9.47 Å². The minimum Gasteiger partial charge on any atom is -0.382 e. The summed E-state index contributed by atoms with van der Waals surface area (Å²) in [5.41, 5.74) is 0. The van der Waals surface area contributed by atoms with Gasteiger partial charge in [-0.25, -0.2) is 0 Å². The maximum Gasteiger partial charge on any atom is 0.0933 e. The number of nitrogens with one attached hydrogen (secondary N) is 1. The van der Waals surface area contributed by atoms with Gasteiger partial charge in [0.25, 0.3) is 0 Å². The second-order valence-electron chi connectivity index (χ2n) is 4.15. The lowest BCUT2D eigenvalue weighted by molar-refractivity contribution is -0.0385. The van der Waals surface area contributed by atoms with E-state index in [4.69, 9.17) is 9.47 Å². The van der Waals surface area contributed by atoms with Crippen LogP contribution < -0.4 is 5.32 Å². The van der Waals surface area contributed by atoms with E-state index in [2.05, 4.69) is 19.2 Å². The largest absolute Gasteiger partial charge is 0.382 e. The van der Waals surface area contributed by atoms with Crippen molar-refractivity contribution in [2.24, 2.45) is 5.92 Å². The fourth-order valence-corrected chi connectivity index (χ4v) is 1.68. The van der Waals surface area contributed by atoms with E-state index >= 15 is 0 Å². The topological polar surface area (TPSA) is 30.5 Å². The van der Waals surface area contributed by atoms with Crippen LogP contribution in [0.15, 0.2) is 0 Å². The lowest BCUT2D eigenvalue weighted by atomic mass is 10.0. The molecule has 0 aromatic rings. The number of ether oxygens (including phenoxy) is 2. The summed E-state index contributed by atoms with van der Waals surface area (Å²) in [6, 6.07) is 0.535. The van der Waals surface area contributed by atoms with E-state index in [1.807, 2.05) is 0 Å². The number of hydrogen-bond acceptors (Lipinski definition) is 3. The highest BCUT2D eigenvalue weighted by Crippen LogP contribution is 2.09. The zero-order valence-corrected chi connectivity index (χ0v) is 8.88. The fraction of sp³-hybridized carbons (Fsp3) is 1.00. The molecule has 0 aliphatic carbocycles. The monoisotopic (exact) mass is 187 g/mol. The summed E-state index contributed by atoms with van der Waals surface area (Å²) in [5, 5.41) is 3.48. The molecular weight excluding hydrogens is 166 g/mol. The van der Waals surface area contributed by atoms with Crippen LogP contribution in [0.4, 0.5) is 0 Å². The Balaban J connectivity index is 2.15. The van der Waals surface area contributed by atoms with Gasteiger partial charge in [0.15, 0.2) is 0 Å². The molecule has 0 saturated carbocycles. The van der Waals surface area contributed by atoms with Crippen LogP contribution in [0.25, 0.3) is 0 Å². The molecule has 0 aromatic carbocycles. The predicted octanol–water partition coefficient (Wildman–Crippen LogP) is 1.04. The zero-order chi connectivity index (χ0) is 9.68. The summed E-state index contributed by atoms with van der Waals surface area (Å²) in [6.07, 6.45) is 1.44. The Labute approximate surface area is 80.8 Å². The van der Waals surface area contributed by atoms with E-state index in [1.54, 1.807) is 7.11 Å². The van der Waals surface area contributed by atoms with E-state index in [-0.39, 0.29) is 6.10 Å². The Hall–Kier alpha value is -0.120. The van der Waals surface area contributed by atoms with Gasteiger partial charge < -0.3 is 14.8 Å². The molecule has 0 radical (unpaired) electrons. The second kappa shape index (κ2) is 5.58. The predicted molar refractivity (Wildman–Crippen MR) is 52.9 cm³/mol. The summed E-state index contributed by atoms with van der Waals surface area (Å²) in [7, 11) is 1.71. The molecule has 2 atom stereocenters. The molecule has 1 aliphatic heterocycles. The van der Waals surface area contributed by atoms with Crippen LogP contribution in [0.2, 0.25) is 0 Å². The molecule has 1 fully saturated rings. The van der Waals surface area contributed by atoms with Gasteiger partial charge in [0.1, 0.15) is 0 Å². The van der Waals surface area contributed by atoms with Crippen molar-refractivity contribution in [2.45, 2.75) is 32.4 Å². The summed E-state index contributed by atoms with van der Waals surface area (Å²) < 4.78 is 10.7. The minimum atomic E-state index is 0.244. The molecule has 3 nitrogen and oxygen atoms in total. The van der Waals surface area contributed by atoms with Crippen molar-refractivity contribution < 1.29 is 9.47 Å². The van der Waals surface area contributed by atoms with Gasteiger partial charge in [0.2, 0.25) is 0 Å². The van der Waals surface area contributed by atoms with Crippen molar-refractivity contribution in [1.29, 1.82) is 0 Å². The maximum atomic E-state index is 5.64. The first-order chi connectivity index (χ1) is 6.22. The molecule has 0 bridgehead atoms. The first-order valence-corrected chi connectivity index (χ1v) is 5.06. The first-order valence-electron chi connectivity index (χ1n) is 5.06. The third-order valence-electron chi connectivity index (χ3n) is 2.28. The fourth-order valence-electron chi connectivity index (χ4n) is 1.68. The van der Waals surface area contributed by atoms with E-state index in [0.29, 0.717) is 12.6 Å². The molecule has 3 heteroatoms. The normalized spacial score (nSPS) is 29.5. The number of methoxy groups -OCH3 is 1. The van der Waals surface area contributed by atoms with Crippen LogP contribution in [0, 0.1) is 5.92 Å². The standard InChI is InChI=1S/C10H21NO2/c1-8(2)4-9-6-13-10(5-11-9)7-12-3/h8-11H,4-7H2,1-3H3. The molecule has 1 saturated heterocycles. The number of hydrogen-bond donors (Lipinski definition) is 1. The molecule has 13 heavy (non-hydrogen) atoms. The molecule has 0 aromatic heterocycles. The average Bonchev–Trinajstić information content (AvgIpc) is 2.08. The summed E-state index contributed by atoms with van der Waals surface area (Å²) in [6.45, 7) is 6.92. The van der Waals surface area contributed by atoms with Crippen molar-refractivity contribution >= 4 is 0 Å². The van der Waals surface area contributed by atoms with Crippen molar-refractivity contribution in [3.63, 3.8) is 0 Å². The van der Waals surface area contributed by atoms with Crippen LogP contribution in [0.3, 0.4) is 0 Å². The van der Waals surface area contributed by atoms with Crippen LogP contribution in [0.1, 0.15) is 20.3 Å². The van der Waals surface area contributed by atoms with Gasteiger partial charge in [-0.1, -0.05) is 13.8 Å². The summed E-state index contributed by atoms with van der Waals surface area (Å²) in [5.74, 6) is 0.736. The maximum absolute atomic E-state index is 5.64. The van der Waals surface area contributed by atoms with Gasteiger partial charge in [0.05, 0.1) is 19.3 Å². The van der Waals surface area contributed by atoms with Gasteiger partial charge in [-0.3, -0.25) is 0 Å². The quantitative estimate of drug-likeness (QED) is 0.713. The Bertz CT molecular complexity index is 131. The summed E-state index contributed by atoms with van der Waals surface area (Å²) >= 11 is 0. The Morgan fingerprint density at radius 1 is 1.54 bits per heavy atom. The SMILES string of the molecule is COCC1CNC(CC(C)C)CO1. The molecule has 0 spiro atoms. The molecule has 1 rings (SSSR count). The molecule has 1 aliphatic rings. The van der Waals surface area contributed by atoms with E-state index in [0.717, 1.165) is 19.1 Å². The smallest absolute Gasteiger partial charge is 0.0933 e. The number of morpholine rings is 1. The third-order valence-corrected chi connectivity index (χ3v) is 2.28. The van der Waals surface area contributed by atoms with Gasteiger partial charge in [-0.2, -0.15) is 0 Å². The lowest BCUT2D eigenvalue weighted by Crippen LogP contribution is -2.48.